The first-order valence-corrected chi connectivity index (χ1v) is 13.4. The van der Waals surface area contributed by atoms with Crippen LogP contribution < -0.4 is 20.3 Å². The van der Waals surface area contributed by atoms with Gasteiger partial charge in [-0.1, -0.05) is 23.8 Å². The Morgan fingerprint density at radius 1 is 1.11 bits per heavy atom. The van der Waals surface area contributed by atoms with Gasteiger partial charge in [-0.25, -0.2) is 4.98 Å². The molecule has 1 fully saturated rings. The zero-order chi connectivity index (χ0) is 24.2. The number of nitrogens with zero attached hydrogens (tertiary/aromatic N) is 3. The maximum Gasteiger partial charge on any atom is 0.247 e. The Labute approximate surface area is 209 Å². The van der Waals surface area contributed by atoms with E-state index in [0.717, 1.165) is 34.7 Å². The zero-order valence-electron chi connectivity index (χ0n) is 18.8. The Kier molecular flexibility index (Phi) is 6.84. The summed E-state index contributed by atoms with van der Waals surface area (Å²) in [6, 6.07) is 17.1. The van der Waals surface area contributed by atoms with Crippen molar-refractivity contribution in [3.8, 4) is 11.6 Å². The molecule has 35 heavy (non-hydrogen) atoms. The Morgan fingerprint density at radius 2 is 1.91 bits per heavy atom. The molecule has 0 spiro atoms. The summed E-state index contributed by atoms with van der Waals surface area (Å²) in [5.74, 6) is 2.51. The summed E-state index contributed by atoms with van der Waals surface area (Å²) < 4.78 is 18.5. The van der Waals surface area contributed by atoms with Crippen LogP contribution in [0.3, 0.4) is 0 Å². The molecule has 0 bridgehead atoms. The molecule has 1 aliphatic heterocycles. The van der Waals surface area contributed by atoms with E-state index >= 15 is 0 Å². The third-order valence-corrected chi connectivity index (χ3v) is 7.61. The fourth-order valence-electron chi connectivity index (χ4n) is 3.68. The molecular weight excluding hydrogens is 482 g/mol. The molecule has 0 unspecified atom stereocenters. The average Bonchev–Trinajstić information content (AvgIpc) is 3.34. The van der Waals surface area contributed by atoms with Gasteiger partial charge in [0.2, 0.25) is 17.7 Å². The van der Waals surface area contributed by atoms with E-state index in [4.69, 9.17) is 4.74 Å². The van der Waals surface area contributed by atoms with E-state index < -0.39 is 11.2 Å². The highest BCUT2D eigenvalue weighted by atomic mass is 32.2. The Balaban J connectivity index is 1.35. The molecule has 0 atom stereocenters. The monoisotopic (exact) mass is 505 g/mol. The molecule has 2 aromatic heterocycles. The highest BCUT2D eigenvalue weighted by molar-refractivity contribution is 7.91. The summed E-state index contributed by atoms with van der Waals surface area (Å²) in [5.41, 5.74) is 3.33. The minimum absolute atomic E-state index is 0.294. The van der Waals surface area contributed by atoms with Crippen LogP contribution in [0.4, 0.5) is 23.0 Å². The van der Waals surface area contributed by atoms with Gasteiger partial charge in [0.25, 0.3) is 0 Å². The van der Waals surface area contributed by atoms with Gasteiger partial charge in [0.1, 0.15) is 22.0 Å². The molecule has 3 heterocycles. The Bertz CT molecular complexity index is 1350. The molecule has 178 valence electrons. The molecule has 1 aliphatic rings. The predicted octanol–water partition coefficient (Wildman–Crippen LogP) is 4.92. The average molecular weight is 506 g/mol. The number of carbonyl (C=O) groups excluding carboxylic acids is 1. The first kappa shape index (κ1) is 23.2. The van der Waals surface area contributed by atoms with Crippen LogP contribution in [0.5, 0.6) is 11.6 Å². The van der Waals surface area contributed by atoms with E-state index in [1.807, 2.05) is 35.7 Å². The van der Waals surface area contributed by atoms with Gasteiger partial charge in [-0.15, -0.1) is 11.3 Å². The number of fused-ring (bicyclic) bond motifs is 1. The topological polar surface area (TPSA) is 102 Å². The standard InChI is InChI=1S/C25H23N5O3S2/c1-2-22(31)26-18-4-3-5-20(16-18)33-24-23-21(10-13-34-23)28-25(29-24)27-17-6-8-19(9-7-17)30-11-14-35(32)15-12-30/h2-10,13,16H,1,11-12,14-15H2,(H,26,31)(H,27,28,29). The SMILES string of the molecule is C=CC(=O)Nc1cccc(Oc2nc(Nc3ccc(N4CC[S+]([O-])CC4)cc3)nc3ccsc23)c1. The molecule has 1 saturated heterocycles. The number of hydrogen-bond donors (Lipinski definition) is 2. The highest BCUT2D eigenvalue weighted by Crippen LogP contribution is 2.34. The van der Waals surface area contributed by atoms with Crippen molar-refractivity contribution in [1.29, 1.82) is 0 Å². The zero-order valence-corrected chi connectivity index (χ0v) is 20.4. The number of hydrogen-bond acceptors (Lipinski definition) is 8. The summed E-state index contributed by atoms with van der Waals surface area (Å²) in [7, 11) is 0. The predicted molar refractivity (Wildman–Crippen MR) is 143 cm³/mol. The van der Waals surface area contributed by atoms with E-state index in [9.17, 15) is 9.35 Å². The van der Waals surface area contributed by atoms with Crippen molar-refractivity contribution >= 4 is 61.6 Å². The van der Waals surface area contributed by atoms with Gasteiger partial charge in [0, 0.05) is 23.1 Å². The van der Waals surface area contributed by atoms with E-state index in [-0.39, 0.29) is 5.91 Å². The number of amides is 1. The number of anilines is 4. The smallest absolute Gasteiger partial charge is 0.247 e. The van der Waals surface area contributed by atoms with Gasteiger partial charge >= 0.3 is 0 Å². The van der Waals surface area contributed by atoms with Crippen LogP contribution in [-0.2, 0) is 16.0 Å². The lowest BCUT2D eigenvalue weighted by molar-refractivity contribution is -0.111. The van der Waals surface area contributed by atoms with E-state index in [2.05, 4.69) is 32.1 Å². The number of aromatic nitrogens is 2. The van der Waals surface area contributed by atoms with Crippen LogP contribution in [-0.4, -0.2) is 45.0 Å². The Morgan fingerprint density at radius 3 is 2.69 bits per heavy atom. The van der Waals surface area contributed by atoms with Crippen LogP contribution in [0.25, 0.3) is 10.2 Å². The summed E-state index contributed by atoms with van der Waals surface area (Å²) >= 11 is 0.797. The van der Waals surface area contributed by atoms with Crippen molar-refractivity contribution in [3.05, 3.63) is 72.6 Å². The minimum atomic E-state index is -0.700. The largest absolute Gasteiger partial charge is 0.616 e. The number of nitrogens with one attached hydrogen (secondary N) is 2. The maximum atomic E-state index is 11.6. The van der Waals surface area contributed by atoms with Gasteiger partial charge in [0.05, 0.1) is 18.6 Å². The van der Waals surface area contributed by atoms with Gasteiger partial charge in [-0.3, -0.25) is 4.79 Å². The normalized spacial score (nSPS) is 14.0. The van der Waals surface area contributed by atoms with Crippen LogP contribution in [0.15, 0.2) is 72.6 Å². The summed E-state index contributed by atoms with van der Waals surface area (Å²) in [6.45, 7) is 5.08. The highest BCUT2D eigenvalue weighted by Gasteiger charge is 2.19. The molecule has 0 aliphatic carbocycles. The number of rotatable bonds is 7. The molecule has 8 nitrogen and oxygen atoms in total. The molecular formula is C25H23N5O3S2. The van der Waals surface area contributed by atoms with Crippen LogP contribution >= 0.6 is 11.3 Å². The molecule has 5 rings (SSSR count). The van der Waals surface area contributed by atoms with Gasteiger partial charge in [-0.05, 0) is 53.9 Å². The fourth-order valence-corrected chi connectivity index (χ4v) is 5.49. The second kappa shape index (κ2) is 10.3. The van der Waals surface area contributed by atoms with Crippen molar-refractivity contribution in [3.63, 3.8) is 0 Å². The number of benzene rings is 2. The Hall–Kier alpha value is -3.60. The van der Waals surface area contributed by atoms with E-state index in [1.165, 1.54) is 17.4 Å². The van der Waals surface area contributed by atoms with E-state index in [1.54, 1.807) is 24.3 Å². The van der Waals surface area contributed by atoms with E-state index in [0.29, 0.717) is 34.8 Å². The lowest BCUT2D eigenvalue weighted by atomic mass is 10.2. The molecule has 2 aromatic carbocycles. The van der Waals surface area contributed by atoms with Crippen molar-refractivity contribution in [1.82, 2.24) is 9.97 Å². The van der Waals surface area contributed by atoms with Crippen molar-refractivity contribution in [2.45, 2.75) is 0 Å². The first-order chi connectivity index (χ1) is 17.1. The van der Waals surface area contributed by atoms with Crippen molar-refractivity contribution in [2.75, 3.05) is 40.1 Å². The van der Waals surface area contributed by atoms with Crippen molar-refractivity contribution < 1.29 is 14.1 Å². The molecule has 2 N–H and O–H groups in total. The third kappa shape index (κ3) is 5.56. The van der Waals surface area contributed by atoms with Gasteiger partial charge < -0.3 is 24.8 Å². The lowest BCUT2D eigenvalue weighted by Gasteiger charge is -2.30. The summed E-state index contributed by atoms with van der Waals surface area (Å²) in [5, 5.41) is 7.93. The molecule has 4 aromatic rings. The van der Waals surface area contributed by atoms with Crippen LogP contribution in [0.2, 0.25) is 0 Å². The van der Waals surface area contributed by atoms with Gasteiger partial charge in [0.15, 0.2) is 0 Å². The van der Waals surface area contributed by atoms with Crippen molar-refractivity contribution in [2.24, 2.45) is 0 Å². The second-order valence-corrected chi connectivity index (χ2v) is 10.4. The third-order valence-electron chi connectivity index (χ3n) is 5.44. The van der Waals surface area contributed by atoms with Gasteiger partial charge in [-0.2, -0.15) is 4.98 Å². The maximum absolute atomic E-state index is 11.6. The molecule has 0 saturated carbocycles. The first-order valence-electron chi connectivity index (χ1n) is 11.0. The lowest BCUT2D eigenvalue weighted by Crippen LogP contribution is -2.40. The summed E-state index contributed by atoms with van der Waals surface area (Å²) in [4.78, 5) is 23.1. The minimum Gasteiger partial charge on any atom is -0.616 e. The fraction of sp³-hybridized carbons (Fsp3) is 0.160. The van der Waals surface area contributed by atoms with Crippen LogP contribution in [0, 0.1) is 0 Å². The molecule has 0 radical (unpaired) electrons. The molecule has 10 heteroatoms. The molecule has 1 amide bonds. The summed E-state index contributed by atoms with van der Waals surface area (Å²) in [6.07, 6.45) is 1.21. The quantitative estimate of drug-likeness (QED) is 0.271. The number of ether oxygens (including phenoxy) is 1. The van der Waals surface area contributed by atoms with Crippen LogP contribution in [0.1, 0.15) is 0 Å². The second-order valence-electron chi connectivity index (χ2n) is 7.82. The number of thiophene rings is 1. The number of carbonyl (C=O) groups is 1.